The second-order valence-corrected chi connectivity index (χ2v) is 12.6. The first kappa shape index (κ1) is 32.7. The van der Waals surface area contributed by atoms with Gasteiger partial charge < -0.3 is 15.0 Å². The third kappa shape index (κ3) is 9.91. The second-order valence-electron chi connectivity index (χ2n) is 10.7. The lowest BCUT2D eigenvalue weighted by Crippen LogP contribution is -2.51. The summed E-state index contributed by atoms with van der Waals surface area (Å²) in [6.07, 6.45) is 1.88. The van der Waals surface area contributed by atoms with Gasteiger partial charge >= 0.3 is 0 Å². The molecule has 3 aromatic rings. The molecule has 0 bridgehead atoms. The molecule has 1 N–H and O–H groups in total. The normalized spacial score (nSPS) is 12.0. The van der Waals surface area contributed by atoms with E-state index in [9.17, 15) is 18.0 Å². The van der Waals surface area contributed by atoms with Crippen LogP contribution in [-0.2, 0) is 32.6 Å². The zero-order chi connectivity index (χ0) is 30.7. The van der Waals surface area contributed by atoms with Gasteiger partial charge in [0.1, 0.15) is 11.8 Å². The number of sulfonamides is 1. The minimum atomic E-state index is -3.59. The lowest BCUT2D eigenvalue weighted by atomic mass is 10.0. The van der Waals surface area contributed by atoms with Crippen molar-refractivity contribution < 1.29 is 22.7 Å². The van der Waals surface area contributed by atoms with Gasteiger partial charge in [0.05, 0.1) is 18.6 Å². The zero-order valence-corrected chi connectivity index (χ0v) is 26.1. The van der Waals surface area contributed by atoms with E-state index in [1.165, 1.54) is 4.31 Å². The smallest absolute Gasteiger partial charge is 0.243 e. The SMILES string of the molecule is CCOc1ccc(N(CCCC(=O)N(Cc2ccc(C)cc2)[C@@H](Cc2ccccc2)C(=O)NC(C)C)S(C)(=O)=O)cc1. The van der Waals surface area contributed by atoms with Gasteiger partial charge in [0.25, 0.3) is 0 Å². The van der Waals surface area contributed by atoms with Crippen molar-refractivity contribution in [2.24, 2.45) is 0 Å². The Balaban J connectivity index is 1.85. The van der Waals surface area contributed by atoms with Crippen LogP contribution >= 0.6 is 0 Å². The number of ether oxygens (including phenoxy) is 1. The minimum Gasteiger partial charge on any atom is -0.494 e. The average molecular weight is 594 g/mol. The maximum Gasteiger partial charge on any atom is 0.243 e. The number of carbonyl (C=O) groups excluding carboxylic acids is 2. The maximum absolute atomic E-state index is 13.9. The van der Waals surface area contributed by atoms with Crippen molar-refractivity contribution in [2.75, 3.05) is 23.7 Å². The Labute approximate surface area is 250 Å². The van der Waals surface area contributed by atoms with E-state index < -0.39 is 16.1 Å². The van der Waals surface area contributed by atoms with Gasteiger partial charge in [0.15, 0.2) is 0 Å². The van der Waals surface area contributed by atoms with Crippen molar-refractivity contribution >= 4 is 27.5 Å². The fourth-order valence-corrected chi connectivity index (χ4v) is 5.67. The van der Waals surface area contributed by atoms with Crippen LogP contribution in [0.15, 0.2) is 78.9 Å². The van der Waals surface area contributed by atoms with Crippen LogP contribution in [-0.4, -0.2) is 56.6 Å². The van der Waals surface area contributed by atoms with Gasteiger partial charge in [0.2, 0.25) is 21.8 Å². The van der Waals surface area contributed by atoms with Gasteiger partial charge in [-0.3, -0.25) is 13.9 Å². The number of amides is 2. The summed E-state index contributed by atoms with van der Waals surface area (Å²) < 4.78 is 32.1. The molecule has 8 nitrogen and oxygen atoms in total. The van der Waals surface area contributed by atoms with Gasteiger partial charge in [0, 0.05) is 32.0 Å². The number of anilines is 1. The number of hydrogen-bond acceptors (Lipinski definition) is 5. The molecule has 3 rings (SSSR count). The van der Waals surface area contributed by atoms with Crippen molar-refractivity contribution in [3.05, 3.63) is 95.6 Å². The van der Waals surface area contributed by atoms with Gasteiger partial charge in [-0.25, -0.2) is 8.42 Å². The summed E-state index contributed by atoms with van der Waals surface area (Å²) in [5.74, 6) is 0.220. The van der Waals surface area contributed by atoms with Crippen LogP contribution in [0.5, 0.6) is 5.75 Å². The molecule has 0 spiro atoms. The highest BCUT2D eigenvalue weighted by atomic mass is 32.2. The third-order valence-electron chi connectivity index (χ3n) is 6.76. The molecule has 0 aliphatic rings. The van der Waals surface area contributed by atoms with E-state index in [-0.39, 0.29) is 43.8 Å². The summed E-state index contributed by atoms with van der Waals surface area (Å²) in [6.45, 7) is 8.56. The summed E-state index contributed by atoms with van der Waals surface area (Å²) in [4.78, 5) is 29.0. The van der Waals surface area contributed by atoms with Gasteiger partial charge in [-0.2, -0.15) is 0 Å². The minimum absolute atomic E-state index is 0.0785. The molecule has 0 saturated heterocycles. The predicted molar refractivity (Wildman–Crippen MR) is 168 cm³/mol. The van der Waals surface area contributed by atoms with E-state index in [1.807, 2.05) is 82.3 Å². The fraction of sp³-hybridized carbons (Fsp3) is 0.394. The van der Waals surface area contributed by atoms with E-state index >= 15 is 0 Å². The van der Waals surface area contributed by atoms with Gasteiger partial charge in [-0.15, -0.1) is 0 Å². The van der Waals surface area contributed by atoms with Gasteiger partial charge in [-0.05, 0) is 69.5 Å². The molecule has 1 atom stereocenters. The Bertz CT molecular complexity index is 1390. The van der Waals surface area contributed by atoms with Crippen LogP contribution in [0.3, 0.4) is 0 Å². The fourth-order valence-electron chi connectivity index (χ4n) is 4.70. The first-order valence-electron chi connectivity index (χ1n) is 14.4. The van der Waals surface area contributed by atoms with Crippen LogP contribution in [0.2, 0.25) is 0 Å². The van der Waals surface area contributed by atoms with Crippen LogP contribution in [0.25, 0.3) is 0 Å². The molecule has 9 heteroatoms. The molecule has 0 aliphatic heterocycles. The molecular weight excluding hydrogens is 550 g/mol. The number of hydrogen-bond donors (Lipinski definition) is 1. The largest absolute Gasteiger partial charge is 0.494 e. The topological polar surface area (TPSA) is 96.0 Å². The highest BCUT2D eigenvalue weighted by Crippen LogP contribution is 2.23. The van der Waals surface area contributed by atoms with Crippen molar-refractivity contribution in [2.45, 2.75) is 65.6 Å². The molecule has 226 valence electrons. The van der Waals surface area contributed by atoms with Crippen molar-refractivity contribution in [1.29, 1.82) is 0 Å². The van der Waals surface area contributed by atoms with E-state index in [4.69, 9.17) is 4.74 Å². The quantitative estimate of drug-likeness (QED) is 0.264. The molecule has 0 heterocycles. The molecule has 42 heavy (non-hydrogen) atoms. The summed E-state index contributed by atoms with van der Waals surface area (Å²) >= 11 is 0. The molecule has 0 aliphatic carbocycles. The molecule has 0 fully saturated rings. The summed E-state index contributed by atoms with van der Waals surface area (Å²) in [5.41, 5.74) is 3.46. The Hall–Kier alpha value is -3.85. The summed E-state index contributed by atoms with van der Waals surface area (Å²) in [7, 11) is -3.59. The van der Waals surface area contributed by atoms with Crippen molar-refractivity contribution in [1.82, 2.24) is 10.2 Å². The van der Waals surface area contributed by atoms with Crippen LogP contribution in [0.1, 0.15) is 50.3 Å². The van der Waals surface area contributed by atoms with Crippen LogP contribution in [0.4, 0.5) is 5.69 Å². The number of rotatable bonds is 15. The standard InChI is InChI=1S/C33H43N3O5S/c1-6-41-30-20-18-29(19-21-30)36(42(5,39)40)22-10-13-32(37)35(24-28-16-14-26(4)15-17-28)31(33(38)34-25(2)3)23-27-11-8-7-9-12-27/h7-9,11-12,14-21,25,31H,6,10,13,22-24H2,1-5H3,(H,34,38)/t31-/m0/s1. The molecule has 0 unspecified atom stereocenters. The first-order chi connectivity index (χ1) is 20.0. The number of nitrogens with zero attached hydrogens (tertiary/aromatic N) is 2. The maximum atomic E-state index is 13.9. The molecule has 2 amide bonds. The highest BCUT2D eigenvalue weighted by Gasteiger charge is 2.31. The van der Waals surface area contributed by atoms with E-state index in [2.05, 4.69) is 5.32 Å². The number of nitrogens with one attached hydrogen (secondary N) is 1. The Morgan fingerprint density at radius 1 is 0.905 bits per heavy atom. The van der Waals surface area contributed by atoms with Crippen LogP contribution < -0.4 is 14.4 Å². The Morgan fingerprint density at radius 2 is 1.55 bits per heavy atom. The lowest BCUT2D eigenvalue weighted by molar-refractivity contribution is -0.141. The number of carbonyl (C=O) groups is 2. The first-order valence-corrected chi connectivity index (χ1v) is 16.2. The molecule has 3 aromatic carbocycles. The average Bonchev–Trinajstić information content (AvgIpc) is 2.94. The number of benzene rings is 3. The molecule has 0 aromatic heterocycles. The predicted octanol–water partition coefficient (Wildman–Crippen LogP) is 5.10. The Morgan fingerprint density at radius 3 is 2.12 bits per heavy atom. The molecular formula is C33H43N3O5S. The monoisotopic (exact) mass is 593 g/mol. The summed E-state index contributed by atoms with van der Waals surface area (Å²) in [5, 5.41) is 2.99. The van der Waals surface area contributed by atoms with E-state index in [0.29, 0.717) is 24.5 Å². The van der Waals surface area contributed by atoms with E-state index in [0.717, 1.165) is 22.9 Å². The van der Waals surface area contributed by atoms with Gasteiger partial charge in [-0.1, -0.05) is 60.2 Å². The lowest BCUT2D eigenvalue weighted by Gasteiger charge is -2.32. The van der Waals surface area contributed by atoms with Crippen molar-refractivity contribution in [3.8, 4) is 5.75 Å². The number of aryl methyl sites for hydroxylation is 1. The molecule has 0 saturated carbocycles. The zero-order valence-electron chi connectivity index (χ0n) is 25.2. The van der Waals surface area contributed by atoms with Crippen molar-refractivity contribution in [3.63, 3.8) is 0 Å². The highest BCUT2D eigenvalue weighted by molar-refractivity contribution is 7.92. The third-order valence-corrected chi connectivity index (χ3v) is 7.96. The van der Waals surface area contributed by atoms with E-state index in [1.54, 1.807) is 29.2 Å². The second kappa shape index (κ2) is 15.4. The van der Waals surface area contributed by atoms with Crippen LogP contribution in [0, 0.1) is 6.92 Å². The molecule has 0 radical (unpaired) electrons. The summed E-state index contributed by atoms with van der Waals surface area (Å²) in [6, 6.07) is 23.6. The Kier molecular flexibility index (Phi) is 12.0.